The Hall–Kier alpha value is -8.52. The number of hydrogen-bond donors (Lipinski definition) is 0. The Bertz CT molecular complexity index is 3830. The van der Waals surface area contributed by atoms with Gasteiger partial charge in [-0.05, 0) is 124 Å². The molecule has 69 heavy (non-hydrogen) atoms. The van der Waals surface area contributed by atoms with Crippen molar-refractivity contribution in [3.8, 4) is 66.8 Å². The molecular formula is C68H47N. The number of rotatable bonds is 6. The molecule has 0 radical (unpaired) electrons. The zero-order valence-corrected chi connectivity index (χ0v) is 38.6. The zero-order chi connectivity index (χ0) is 45.8. The maximum Gasteiger partial charge on any atom is 0.0725 e. The fraction of sp³-hybridized carbons (Fsp3) is 0.0588. The monoisotopic (exact) mass is 877 g/mol. The van der Waals surface area contributed by atoms with E-state index in [1.165, 1.54) is 111 Å². The van der Waals surface area contributed by atoms with Crippen LogP contribution in [-0.2, 0) is 10.8 Å². The molecule has 1 nitrogen and oxygen atoms in total. The minimum Gasteiger partial charge on any atom is -0.309 e. The van der Waals surface area contributed by atoms with Gasteiger partial charge in [0.1, 0.15) is 0 Å². The van der Waals surface area contributed by atoms with E-state index in [4.69, 9.17) is 0 Å². The molecule has 0 amide bonds. The van der Waals surface area contributed by atoms with E-state index in [-0.39, 0.29) is 5.41 Å². The quantitative estimate of drug-likeness (QED) is 0.161. The SMILES string of the molecule is CC1(C)c2ccccc2-c2c(-c3cccc(N(c4ccc5c(c4)-c4ccccc4C54c5ccccc5-c5ccccc54)c4ccc5ccccc5c4-c4ccccc4)c3-c3ccccc3)cccc21. The molecule has 0 saturated heterocycles. The lowest BCUT2D eigenvalue weighted by atomic mass is 9.70. The fourth-order valence-electron chi connectivity index (χ4n) is 12.8. The Morgan fingerprint density at radius 1 is 0.290 bits per heavy atom. The van der Waals surface area contributed by atoms with Gasteiger partial charge in [-0.25, -0.2) is 0 Å². The molecule has 324 valence electrons. The molecule has 11 aromatic rings. The first-order valence-corrected chi connectivity index (χ1v) is 24.3. The smallest absolute Gasteiger partial charge is 0.0725 e. The molecule has 0 N–H and O–H groups in total. The largest absolute Gasteiger partial charge is 0.309 e. The van der Waals surface area contributed by atoms with Crippen LogP contribution in [0.15, 0.2) is 249 Å². The summed E-state index contributed by atoms with van der Waals surface area (Å²) in [7, 11) is 0. The van der Waals surface area contributed by atoms with Crippen molar-refractivity contribution in [2.24, 2.45) is 0 Å². The molecule has 3 aliphatic rings. The van der Waals surface area contributed by atoms with Crippen molar-refractivity contribution in [2.45, 2.75) is 24.7 Å². The van der Waals surface area contributed by atoms with Crippen molar-refractivity contribution >= 4 is 27.8 Å². The Kier molecular flexibility index (Phi) is 8.61. The average molecular weight is 878 g/mol. The lowest BCUT2D eigenvalue weighted by molar-refractivity contribution is 0.660. The van der Waals surface area contributed by atoms with E-state index in [2.05, 4.69) is 267 Å². The van der Waals surface area contributed by atoms with Crippen molar-refractivity contribution in [1.29, 1.82) is 0 Å². The van der Waals surface area contributed by atoms with Crippen LogP contribution < -0.4 is 4.90 Å². The fourth-order valence-corrected chi connectivity index (χ4v) is 12.8. The van der Waals surface area contributed by atoms with Crippen molar-refractivity contribution in [3.05, 3.63) is 282 Å². The first kappa shape index (κ1) is 39.6. The molecule has 0 heterocycles. The van der Waals surface area contributed by atoms with E-state index >= 15 is 0 Å². The molecule has 0 saturated carbocycles. The first-order valence-electron chi connectivity index (χ1n) is 24.3. The highest BCUT2D eigenvalue weighted by Crippen LogP contribution is 2.64. The Morgan fingerprint density at radius 2 is 0.754 bits per heavy atom. The van der Waals surface area contributed by atoms with Gasteiger partial charge in [0.05, 0.1) is 16.8 Å². The number of nitrogens with zero attached hydrogens (tertiary/aromatic N) is 1. The van der Waals surface area contributed by atoms with Crippen LogP contribution in [0.5, 0.6) is 0 Å². The highest BCUT2D eigenvalue weighted by Gasteiger charge is 2.51. The van der Waals surface area contributed by atoms with Crippen molar-refractivity contribution < 1.29 is 0 Å². The predicted octanol–water partition coefficient (Wildman–Crippen LogP) is 18.0. The van der Waals surface area contributed by atoms with Crippen LogP contribution in [0, 0.1) is 0 Å². The third-order valence-electron chi connectivity index (χ3n) is 15.7. The Labute approximate surface area is 404 Å². The summed E-state index contributed by atoms with van der Waals surface area (Å²) in [6, 6.07) is 93.2. The third kappa shape index (κ3) is 5.53. The van der Waals surface area contributed by atoms with E-state index < -0.39 is 5.41 Å². The van der Waals surface area contributed by atoms with Gasteiger partial charge in [-0.3, -0.25) is 0 Å². The molecule has 0 aromatic heterocycles. The van der Waals surface area contributed by atoms with Crippen LogP contribution in [0.2, 0.25) is 0 Å². The molecular weight excluding hydrogens is 831 g/mol. The van der Waals surface area contributed by atoms with Crippen LogP contribution >= 0.6 is 0 Å². The second-order valence-corrected chi connectivity index (χ2v) is 19.5. The van der Waals surface area contributed by atoms with E-state index in [0.717, 1.165) is 17.1 Å². The third-order valence-corrected chi connectivity index (χ3v) is 15.7. The summed E-state index contributed by atoms with van der Waals surface area (Å²) in [5.74, 6) is 0. The van der Waals surface area contributed by atoms with Crippen LogP contribution in [0.1, 0.15) is 47.2 Å². The zero-order valence-electron chi connectivity index (χ0n) is 38.6. The molecule has 1 heteroatoms. The highest BCUT2D eigenvalue weighted by atomic mass is 15.1. The average Bonchev–Trinajstić information content (AvgIpc) is 3.97. The predicted molar refractivity (Wildman–Crippen MR) is 289 cm³/mol. The van der Waals surface area contributed by atoms with Gasteiger partial charge in [-0.2, -0.15) is 0 Å². The standard InChI is InChI=1S/C68H47N/c1-67(2)56-33-15-14-30-54(56)66-53(31-19-37-61(66)67)52-32-20-38-62(65(52)46-24-7-4-8-25-46)69(63-42-39-44-21-9-10-26-48(44)64(63)45-22-5-3-6-23-45)47-40-41-60-55(43-47)51-29-13-18-36-59(51)68(60)57-34-16-11-27-49(57)50-28-12-17-35-58(50)68/h3-43H,1-2H3. The van der Waals surface area contributed by atoms with E-state index in [1.54, 1.807) is 0 Å². The molecule has 0 atom stereocenters. The van der Waals surface area contributed by atoms with Gasteiger partial charge in [0, 0.05) is 22.2 Å². The molecule has 11 aromatic carbocycles. The van der Waals surface area contributed by atoms with Crippen LogP contribution in [0.3, 0.4) is 0 Å². The van der Waals surface area contributed by atoms with E-state index in [1.807, 2.05) is 0 Å². The van der Waals surface area contributed by atoms with E-state index in [0.29, 0.717) is 0 Å². The summed E-state index contributed by atoms with van der Waals surface area (Å²) >= 11 is 0. The summed E-state index contributed by atoms with van der Waals surface area (Å²) in [4.78, 5) is 2.58. The number of fused-ring (bicyclic) bond motifs is 14. The minimum atomic E-state index is -0.437. The topological polar surface area (TPSA) is 3.24 Å². The maximum absolute atomic E-state index is 2.58. The van der Waals surface area contributed by atoms with Gasteiger partial charge < -0.3 is 4.90 Å². The summed E-state index contributed by atoms with van der Waals surface area (Å²) < 4.78 is 0. The Balaban J connectivity index is 1.09. The molecule has 3 aliphatic carbocycles. The molecule has 0 fully saturated rings. The Morgan fingerprint density at radius 3 is 1.42 bits per heavy atom. The molecule has 14 rings (SSSR count). The minimum absolute atomic E-state index is 0.132. The van der Waals surface area contributed by atoms with Crippen LogP contribution in [0.25, 0.3) is 77.5 Å². The summed E-state index contributed by atoms with van der Waals surface area (Å²) in [5.41, 5.74) is 25.9. The van der Waals surface area contributed by atoms with Crippen molar-refractivity contribution in [1.82, 2.24) is 0 Å². The first-order chi connectivity index (χ1) is 34.0. The number of hydrogen-bond acceptors (Lipinski definition) is 1. The lowest BCUT2D eigenvalue weighted by Gasteiger charge is -2.33. The van der Waals surface area contributed by atoms with Gasteiger partial charge in [0.25, 0.3) is 0 Å². The second kappa shape index (κ2) is 15.0. The van der Waals surface area contributed by atoms with Crippen molar-refractivity contribution in [2.75, 3.05) is 4.90 Å². The summed E-state index contributed by atoms with van der Waals surface area (Å²) in [6.45, 7) is 4.75. The van der Waals surface area contributed by atoms with Crippen molar-refractivity contribution in [3.63, 3.8) is 0 Å². The van der Waals surface area contributed by atoms with Gasteiger partial charge in [-0.15, -0.1) is 0 Å². The van der Waals surface area contributed by atoms with E-state index in [9.17, 15) is 0 Å². The van der Waals surface area contributed by atoms with Gasteiger partial charge >= 0.3 is 0 Å². The molecule has 1 spiro atoms. The van der Waals surface area contributed by atoms with Gasteiger partial charge in [-0.1, -0.05) is 238 Å². The molecule has 0 bridgehead atoms. The maximum atomic E-state index is 2.58. The highest BCUT2D eigenvalue weighted by molar-refractivity contribution is 6.09. The molecule has 0 unspecified atom stereocenters. The number of benzene rings is 11. The van der Waals surface area contributed by atoms with Crippen LogP contribution in [-0.4, -0.2) is 0 Å². The molecule has 0 aliphatic heterocycles. The van der Waals surface area contributed by atoms with Crippen LogP contribution in [0.4, 0.5) is 17.1 Å². The van der Waals surface area contributed by atoms with Gasteiger partial charge in [0.15, 0.2) is 0 Å². The summed E-state index contributed by atoms with van der Waals surface area (Å²) in [6.07, 6.45) is 0. The lowest BCUT2D eigenvalue weighted by Crippen LogP contribution is -2.25. The number of anilines is 3. The summed E-state index contributed by atoms with van der Waals surface area (Å²) in [5, 5.41) is 2.43. The second-order valence-electron chi connectivity index (χ2n) is 19.5. The normalized spacial score (nSPS) is 13.9. The van der Waals surface area contributed by atoms with Gasteiger partial charge in [0.2, 0.25) is 0 Å².